The van der Waals surface area contributed by atoms with Crippen molar-refractivity contribution in [3.05, 3.63) is 51.2 Å². The number of hydrogen-bond acceptors (Lipinski definition) is 3. The smallest absolute Gasteiger partial charge is 0.274 e. The number of hydrogen-bond donors (Lipinski definition) is 1. The fraction of sp³-hybridized carbons (Fsp3) is 0.250. The van der Waals surface area contributed by atoms with Crippen LogP contribution in [0.15, 0.2) is 29.1 Å². The molecule has 0 aliphatic heterocycles. The van der Waals surface area contributed by atoms with Gasteiger partial charge in [-0.1, -0.05) is 23.7 Å². The van der Waals surface area contributed by atoms with Gasteiger partial charge in [0.1, 0.15) is 0 Å². The van der Waals surface area contributed by atoms with E-state index < -0.39 is 0 Å². The third-order valence-corrected chi connectivity index (χ3v) is 2.79. The summed E-state index contributed by atoms with van der Waals surface area (Å²) < 4.78 is 2.33. The van der Waals surface area contributed by atoms with E-state index >= 15 is 0 Å². The molecule has 0 aliphatic carbocycles. The minimum absolute atomic E-state index is 0.326. The highest BCUT2D eigenvalue weighted by molar-refractivity contribution is 6.30. The van der Waals surface area contributed by atoms with Crippen molar-refractivity contribution in [2.45, 2.75) is 13.3 Å². The number of halogens is 1. The van der Waals surface area contributed by atoms with E-state index in [1.165, 1.54) is 18.7 Å². The van der Waals surface area contributed by atoms with Crippen LogP contribution in [-0.4, -0.2) is 20.4 Å². The predicted molar refractivity (Wildman–Crippen MR) is 71.8 cm³/mol. The number of amides is 1. The summed E-state index contributed by atoms with van der Waals surface area (Å²) >= 11 is 5.81. The molecule has 0 radical (unpaired) electrons. The number of carbonyl (C=O) groups excluding carboxylic acids is 1. The molecule has 0 unspecified atom stereocenters. The van der Waals surface area contributed by atoms with Crippen LogP contribution >= 0.6 is 11.6 Å². The molecule has 0 spiro atoms. The van der Waals surface area contributed by atoms with E-state index in [9.17, 15) is 9.59 Å². The van der Waals surface area contributed by atoms with Gasteiger partial charge in [-0.15, -0.1) is 0 Å². The summed E-state index contributed by atoms with van der Waals surface area (Å²) in [5.41, 5.74) is 3.01. The van der Waals surface area contributed by atoms with Crippen LogP contribution in [-0.2, 0) is 18.3 Å². The standard InChI is InChI=1S/C12H13ClN4O2/c1-8(18)14-17-11(15-16(2)12(17)19)7-9-3-5-10(13)6-4-9/h3-6H,7H2,1-2H3,(H,14,18). The van der Waals surface area contributed by atoms with Gasteiger partial charge >= 0.3 is 5.69 Å². The minimum Gasteiger partial charge on any atom is -0.274 e. The van der Waals surface area contributed by atoms with E-state index in [0.717, 1.165) is 10.2 Å². The predicted octanol–water partition coefficient (Wildman–Crippen LogP) is 0.916. The highest BCUT2D eigenvalue weighted by Crippen LogP contribution is 2.11. The van der Waals surface area contributed by atoms with Crippen LogP contribution < -0.4 is 11.1 Å². The van der Waals surface area contributed by atoms with Gasteiger partial charge in [0.25, 0.3) is 0 Å². The summed E-state index contributed by atoms with van der Waals surface area (Å²) in [6.45, 7) is 1.34. The van der Waals surface area contributed by atoms with Crippen LogP contribution in [0, 0.1) is 0 Å². The van der Waals surface area contributed by atoms with Crippen molar-refractivity contribution in [3.8, 4) is 0 Å². The van der Waals surface area contributed by atoms with Gasteiger partial charge in [0, 0.05) is 25.4 Å². The molecule has 0 bridgehead atoms. The zero-order valence-electron chi connectivity index (χ0n) is 10.6. The molecule has 100 valence electrons. The van der Waals surface area contributed by atoms with Gasteiger partial charge in [-0.05, 0) is 17.7 Å². The minimum atomic E-state index is -0.390. The van der Waals surface area contributed by atoms with Crippen LogP contribution in [0.3, 0.4) is 0 Å². The molecular weight excluding hydrogens is 268 g/mol. The van der Waals surface area contributed by atoms with Gasteiger partial charge < -0.3 is 0 Å². The molecule has 2 aromatic rings. The fourth-order valence-electron chi connectivity index (χ4n) is 1.68. The molecule has 1 amide bonds. The number of carbonyl (C=O) groups is 1. The lowest BCUT2D eigenvalue weighted by Crippen LogP contribution is -2.33. The van der Waals surface area contributed by atoms with Gasteiger partial charge in [0.2, 0.25) is 5.91 Å². The van der Waals surface area contributed by atoms with Gasteiger partial charge in [0.05, 0.1) is 0 Å². The average molecular weight is 281 g/mol. The Balaban J connectivity index is 2.34. The lowest BCUT2D eigenvalue weighted by Gasteiger charge is -2.05. The van der Waals surface area contributed by atoms with Gasteiger partial charge in [-0.25, -0.2) is 9.48 Å². The van der Waals surface area contributed by atoms with E-state index in [2.05, 4.69) is 10.5 Å². The molecule has 0 fully saturated rings. The molecule has 0 aliphatic rings. The summed E-state index contributed by atoms with van der Waals surface area (Å²) in [6.07, 6.45) is 0.424. The fourth-order valence-corrected chi connectivity index (χ4v) is 1.81. The Morgan fingerprint density at radius 1 is 1.37 bits per heavy atom. The van der Waals surface area contributed by atoms with Gasteiger partial charge in [0.15, 0.2) is 5.82 Å². The van der Waals surface area contributed by atoms with E-state index in [1.54, 1.807) is 12.1 Å². The first-order valence-corrected chi connectivity index (χ1v) is 6.02. The third-order valence-electron chi connectivity index (χ3n) is 2.54. The van der Waals surface area contributed by atoms with Crippen molar-refractivity contribution in [1.29, 1.82) is 0 Å². The van der Waals surface area contributed by atoms with Crippen molar-refractivity contribution in [2.75, 3.05) is 5.43 Å². The zero-order chi connectivity index (χ0) is 14.0. The molecule has 1 heterocycles. The quantitative estimate of drug-likeness (QED) is 0.909. The largest absolute Gasteiger partial charge is 0.364 e. The Morgan fingerprint density at radius 3 is 2.58 bits per heavy atom. The summed E-state index contributed by atoms with van der Waals surface area (Å²) in [5, 5.41) is 4.74. The van der Waals surface area contributed by atoms with E-state index in [4.69, 9.17) is 11.6 Å². The van der Waals surface area contributed by atoms with Gasteiger partial charge in [-0.3, -0.25) is 10.2 Å². The second-order valence-electron chi connectivity index (χ2n) is 4.13. The average Bonchev–Trinajstić information content (AvgIpc) is 2.60. The zero-order valence-corrected chi connectivity index (χ0v) is 11.3. The molecule has 19 heavy (non-hydrogen) atoms. The van der Waals surface area contributed by atoms with Crippen LogP contribution in [0.1, 0.15) is 18.3 Å². The van der Waals surface area contributed by atoms with E-state index in [1.807, 2.05) is 12.1 Å². The lowest BCUT2D eigenvalue weighted by atomic mass is 10.1. The first kappa shape index (κ1) is 13.4. The maximum absolute atomic E-state index is 11.8. The summed E-state index contributed by atoms with van der Waals surface area (Å²) in [7, 11) is 1.53. The number of aryl methyl sites for hydroxylation is 1. The highest BCUT2D eigenvalue weighted by Gasteiger charge is 2.12. The first-order valence-electron chi connectivity index (χ1n) is 5.64. The second-order valence-corrected chi connectivity index (χ2v) is 4.57. The molecule has 7 heteroatoms. The summed E-state index contributed by atoms with van der Waals surface area (Å²) in [6, 6.07) is 7.22. The molecule has 1 aromatic carbocycles. The number of rotatable bonds is 3. The van der Waals surface area contributed by atoms with Crippen molar-refractivity contribution in [1.82, 2.24) is 14.5 Å². The topological polar surface area (TPSA) is 68.9 Å². The number of nitrogens with zero attached hydrogens (tertiary/aromatic N) is 3. The number of benzene rings is 1. The Kier molecular flexibility index (Phi) is 3.71. The summed E-state index contributed by atoms with van der Waals surface area (Å²) in [4.78, 5) is 22.9. The van der Waals surface area contributed by atoms with Crippen molar-refractivity contribution in [3.63, 3.8) is 0 Å². The van der Waals surface area contributed by atoms with E-state index in [0.29, 0.717) is 17.3 Å². The maximum Gasteiger partial charge on any atom is 0.364 e. The highest BCUT2D eigenvalue weighted by atomic mass is 35.5. The van der Waals surface area contributed by atoms with E-state index in [-0.39, 0.29) is 11.6 Å². The van der Waals surface area contributed by atoms with Crippen LogP contribution in [0.4, 0.5) is 0 Å². The van der Waals surface area contributed by atoms with Crippen LogP contribution in [0.25, 0.3) is 0 Å². The first-order chi connectivity index (χ1) is 8.97. The number of aromatic nitrogens is 3. The third kappa shape index (κ3) is 3.03. The molecule has 0 saturated heterocycles. The van der Waals surface area contributed by atoms with Crippen LogP contribution in [0.2, 0.25) is 5.02 Å². The maximum atomic E-state index is 11.8. The molecule has 0 saturated carbocycles. The van der Waals surface area contributed by atoms with Crippen molar-refractivity contribution < 1.29 is 4.79 Å². The number of nitrogens with one attached hydrogen (secondary N) is 1. The molecule has 1 N–H and O–H groups in total. The van der Waals surface area contributed by atoms with Crippen LogP contribution in [0.5, 0.6) is 0 Å². The molecule has 1 aromatic heterocycles. The Morgan fingerprint density at radius 2 is 2.00 bits per heavy atom. The molecule has 0 atom stereocenters. The molecule has 2 rings (SSSR count). The van der Waals surface area contributed by atoms with Crippen molar-refractivity contribution in [2.24, 2.45) is 7.05 Å². The Hall–Kier alpha value is -2.08. The SMILES string of the molecule is CC(=O)Nn1c(Cc2ccc(Cl)cc2)nn(C)c1=O. The molecule has 6 nitrogen and oxygen atoms in total. The monoisotopic (exact) mass is 280 g/mol. The van der Waals surface area contributed by atoms with Crippen molar-refractivity contribution >= 4 is 17.5 Å². The molecular formula is C12H13ClN4O2. The Labute approximate surface area is 114 Å². The normalized spacial score (nSPS) is 10.5. The Bertz CT molecular complexity index is 657. The van der Waals surface area contributed by atoms with Gasteiger partial charge in [-0.2, -0.15) is 9.77 Å². The lowest BCUT2D eigenvalue weighted by molar-refractivity contribution is -0.115. The second kappa shape index (κ2) is 5.27. The summed E-state index contributed by atoms with van der Waals surface area (Å²) in [5.74, 6) is 0.137.